The summed E-state index contributed by atoms with van der Waals surface area (Å²) in [4.78, 5) is 12.3. The zero-order valence-corrected chi connectivity index (χ0v) is 15.3. The van der Waals surface area contributed by atoms with Gasteiger partial charge in [-0.05, 0) is 41.5 Å². The van der Waals surface area contributed by atoms with Crippen LogP contribution in [0.1, 0.15) is 20.8 Å². The number of tetrazole rings is 1. The highest BCUT2D eigenvalue weighted by Crippen LogP contribution is 2.27. The Morgan fingerprint density at radius 2 is 2.09 bits per heavy atom. The monoisotopic (exact) mass is 373 g/mol. The second-order valence-electron chi connectivity index (χ2n) is 5.41. The van der Waals surface area contributed by atoms with Gasteiger partial charge in [0.2, 0.25) is 11.1 Å². The Bertz CT molecular complexity index is 692. The van der Waals surface area contributed by atoms with Crippen molar-refractivity contribution in [3.8, 4) is 0 Å². The molecule has 2 rings (SSSR count). The van der Waals surface area contributed by atoms with Crippen LogP contribution < -0.4 is 5.32 Å². The van der Waals surface area contributed by atoms with Crippen molar-refractivity contribution in [2.75, 3.05) is 5.32 Å². The van der Waals surface area contributed by atoms with E-state index in [1.165, 1.54) is 11.8 Å². The van der Waals surface area contributed by atoms with Gasteiger partial charge in [-0.25, -0.2) is 4.68 Å². The summed E-state index contributed by atoms with van der Waals surface area (Å²) in [5.74, 6) is 0.213. The molecule has 124 valence electrons. The van der Waals surface area contributed by atoms with Gasteiger partial charge in [-0.2, -0.15) is 0 Å². The normalized spacial score (nSPS) is 12.4. The number of benzene rings is 1. The molecule has 0 aliphatic heterocycles. The molecule has 1 unspecified atom stereocenters. The molecule has 1 atom stereocenters. The molecule has 1 amide bonds. The van der Waals surface area contributed by atoms with Crippen LogP contribution >= 0.6 is 35.0 Å². The van der Waals surface area contributed by atoms with Crippen LogP contribution in [0.5, 0.6) is 0 Å². The third-order valence-electron chi connectivity index (χ3n) is 2.87. The molecule has 0 saturated heterocycles. The van der Waals surface area contributed by atoms with Crippen LogP contribution in [0, 0.1) is 5.92 Å². The number of hydrogen-bond acceptors (Lipinski definition) is 5. The predicted molar refractivity (Wildman–Crippen MR) is 93.1 cm³/mol. The van der Waals surface area contributed by atoms with E-state index in [1.54, 1.807) is 29.8 Å². The summed E-state index contributed by atoms with van der Waals surface area (Å²) in [6, 6.07) is 4.92. The first kappa shape index (κ1) is 18.0. The zero-order chi connectivity index (χ0) is 17.0. The first-order valence-electron chi connectivity index (χ1n) is 7.05. The molecule has 0 radical (unpaired) electrons. The van der Waals surface area contributed by atoms with Crippen molar-refractivity contribution in [3.05, 3.63) is 28.2 Å². The number of thioether (sulfide) groups is 1. The van der Waals surface area contributed by atoms with E-state index < -0.39 is 0 Å². The Kier molecular flexibility index (Phi) is 6.26. The summed E-state index contributed by atoms with van der Waals surface area (Å²) >= 11 is 13.3. The van der Waals surface area contributed by atoms with E-state index in [0.717, 1.165) is 0 Å². The van der Waals surface area contributed by atoms with Crippen LogP contribution in [0.3, 0.4) is 0 Å². The highest BCUT2D eigenvalue weighted by atomic mass is 35.5. The number of nitrogens with one attached hydrogen (secondary N) is 1. The van der Waals surface area contributed by atoms with Crippen LogP contribution in [0.4, 0.5) is 5.69 Å². The van der Waals surface area contributed by atoms with Crippen LogP contribution in [0.2, 0.25) is 10.0 Å². The fourth-order valence-corrected chi connectivity index (χ4v) is 2.92. The molecule has 0 fully saturated rings. The van der Waals surface area contributed by atoms with E-state index in [4.69, 9.17) is 23.2 Å². The van der Waals surface area contributed by atoms with Crippen molar-refractivity contribution in [3.63, 3.8) is 0 Å². The van der Waals surface area contributed by atoms with E-state index in [1.807, 2.05) is 0 Å². The maximum atomic E-state index is 12.3. The van der Waals surface area contributed by atoms with Crippen molar-refractivity contribution in [1.82, 2.24) is 20.2 Å². The molecule has 0 bridgehead atoms. The Balaban J connectivity index is 2.03. The number of carbonyl (C=O) groups is 1. The van der Waals surface area contributed by atoms with Gasteiger partial charge in [-0.15, -0.1) is 5.10 Å². The number of rotatable bonds is 6. The van der Waals surface area contributed by atoms with Crippen LogP contribution in [-0.2, 0) is 11.3 Å². The molecule has 0 aliphatic rings. The minimum absolute atomic E-state index is 0.196. The van der Waals surface area contributed by atoms with Gasteiger partial charge in [0.1, 0.15) is 0 Å². The number of anilines is 1. The highest BCUT2D eigenvalue weighted by molar-refractivity contribution is 8.00. The molecule has 9 heteroatoms. The number of carbonyl (C=O) groups excluding carboxylic acids is 1. The van der Waals surface area contributed by atoms with Crippen molar-refractivity contribution >= 4 is 46.6 Å². The standard InChI is InChI=1S/C14H17Cl2N5OS/c1-8(2)7-21-14(18-19-20-21)23-9(3)13(22)17-12-6-10(15)4-5-11(12)16/h4-6,8-9H,7H2,1-3H3,(H,17,22). The largest absolute Gasteiger partial charge is 0.324 e. The average Bonchev–Trinajstić information content (AvgIpc) is 2.89. The van der Waals surface area contributed by atoms with Crippen LogP contribution in [-0.4, -0.2) is 31.4 Å². The smallest absolute Gasteiger partial charge is 0.237 e. The van der Waals surface area contributed by atoms with Crippen molar-refractivity contribution in [1.29, 1.82) is 0 Å². The summed E-state index contributed by atoms with van der Waals surface area (Å²) in [5.41, 5.74) is 0.485. The molecule has 0 aliphatic carbocycles. The van der Waals surface area contributed by atoms with Crippen molar-refractivity contribution < 1.29 is 4.79 Å². The third-order valence-corrected chi connectivity index (χ3v) is 4.51. The first-order valence-corrected chi connectivity index (χ1v) is 8.69. The van der Waals surface area contributed by atoms with Gasteiger partial charge in [0.05, 0.1) is 16.0 Å². The number of halogens is 2. The molecule has 6 nitrogen and oxygen atoms in total. The molecule has 1 heterocycles. The third kappa shape index (κ3) is 5.09. The maximum absolute atomic E-state index is 12.3. The zero-order valence-electron chi connectivity index (χ0n) is 13.0. The SMILES string of the molecule is CC(C)Cn1nnnc1SC(C)C(=O)Nc1cc(Cl)ccc1Cl. The molecular weight excluding hydrogens is 357 g/mol. The van der Waals surface area contributed by atoms with Gasteiger partial charge in [0.25, 0.3) is 0 Å². The summed E-state index contributed by atoms with van der Waals surface area (Å²) in [7, 11) is 0. The maximum Gasteiger partial charge on any atom is 0.237 e. The van der Waals surface area contributed by atoms with E-state index in [2.05, 4.69) is 34.7 Å². The second-order valence-corrected chi connectivity index (χ2v) is 7.56. The second kappa shape index (κ2) is 7.99. The fourth-order valence-electron chi connectivity index (χ4n) is 1.78. The lowest BCUT2D eigenvalue weighted by atomic mass is 10.2. The van der Waals surface area contributed by atoms with Crippen LogP contribution in [0.15, 0.2) is 23.4 Å². The van der Waals surface area contributed by atoms with Crippen LogP contribution in [0.25, 0.3) is 0 Å². The molecule has 1 N–H and O–H groups in total. The molecule has 1 aromatic carbocycles. The summed E-state index contributed by atoms with van der Waals surface area (Å²) in [5, 5.41) is 15.5. The van der Waals surface area contributed by atoms with E-state index in [-0.39, 0.29) is 11.2 Å². The minimum atomic E-state index is -0.387. The minimum Gasteiger partial charge on any atom is -0.324 e. The Morgan fingerprint density at radius 1 is 1.35 bits per heavy atom. The molecule has 1 aromatic heterocycles. The quantitative estimate of drug-likeness (QED) is 0.780. The van der Waals surface area contributed by atoms with Crippen molar-refractivity contribution in [2.45, 2.75) is 37.7 Å². The number of hydrogen-bond donors (Lipinski definition) is 1. The first-order chi connectivity index (χ1) is 10.9. The number of amides is 1. The lowest BCUT2D eigenvalue weighted by Gasteiger charge is -2.13. The predicted octanol–water partition coefficient (Wildman–Crippen LogP) is 3.76. The van der Waals surface area contributed by atoms with Gasteiger partial charge >= 0.3 is 0 Å². The Labute approximate surface area is 148 Å². The topological polar surface area (TPSA) is 72.7 Å². The number of nitrogens with zero attached hydrogens (tertiary/aromatic N) is 4. The van der Waals surface area contributed by atoms with E-state index in [9.17, 15) is 4.79 Å². The van der Waals surface area contributed by atoms with Gasteiger partial charge in [-0.1, -0.05) is 48.8 Å². The molecule has 23 heavy (non-hydrogen) atoms. The highest BCUT2D eigenvalue weighted by Gasteiger charge is 2.19. The summed E-state index contributed by atoms with van der Waals surface area (Å²) in [6.07, 6.45) is 0. The van der Waals surface area contributed by atoms with E-state index >= 15 is 0 Å². The fraction of sp³-hybridized carbons (Fsp3) is 0.429. The average molecular weight is 374 g/mol. The molecule has 2 aromatic rings. The van der Waals surface area contributed by atoms with Gasteiger partial charge in [0.15, 0.2) is 0 Å². The molecular formula is C14H17Cl2N5OS. The lowest BCUT2D eigenvalue weighted by molar-refractivity contribution is -0.115. The molecule has 0 saturated carbocycles. The van der Waals surface area contributed by atoms with Gasteiger partial charge in [0, 0.05) is 11.6 Å². The lowest BCUT2D eigenvalue weighted by Crippen LogP contribution is -2.23. The van der Waals surface area contributed by atoms with Gasteiger partial charge < -0.3 is 5.32 Å². The summed E-state index contributed by atoms with van der Waals surface area (Å²) in [6.45, 7) is 6.64. The van der Waals surface area contributed by atoms with Crippen molar-refractivity contribution in [2.24, 2.45) is 5.92 Å². The van der Waals surface area contributed by atoms with E-state index in [0.29, 0.717) is 33.4 Å². The summed E-state index contributed by atoms with van der Waals surface area (Å²) < 4.78 is 1.70. The number of aromatic nitrogens is 4. The Hall–Kier alpha value is -1.31. The molecule has 0 spiro atoms. The Morgan fingerprint density at radius 3 is 2.78 bits per heavy atom. The van der Waals surface area contributed by atoms with Gasteiger partial charge in [-0.3, -0.25) is 4.79 Å².